The molecule has 0 saturated heterocycles. The van der Waals surface area contributed by atoms with E-state index in [0.717, 1.165) is 23.7 Å². The first-order chi connectivity index (χ1) is 7.61. The standard InChI is InChI=1S/C10H20.3C2H6.2CH4/c1-7-5-9(3)10(4)6-8(7)2;3*1-2;;/h7-10H,5-6H2,1-4H3;3*1-2H3;2*1H4/t7-,8?,9?,10-;;;;;/m1...../s1. The van der Waals surface area contributed by atoms with Gasteiger partial charge in [-0.25, -0.2) is 0 Å². The van der Waals surface area contributed by atoms with Gasteiger partial charge in [-0.2, -0.15) is 0 Å². The molecule has 1 aliphatic carbocycles. The van der Waals surface area contributed by atoms with Gasteiger partial charge in [-0.3, -0.25) is 0 Å². The Bertz CT molecular complexity index is 80.6. The summed E-state index contributed by atoms with van der Waals surface area (Å²) in [5.74, 6) is 3.86. The van der Waals surface area contributed by atoms with E-state index in [1.807, 2.05) is 41.5 Å². The Morgan fingerprint density at radius 1 is 0.444 bits per heavy atom. The van der Waals surface area contributed by atoms with Gasteiger partial charge in [0.15, 0.2) is 0 Å². The van der Waals surface area contributed by atoms with Gasteiger partial charge in [-0.05, 0) is 36.5 Å². The van der Waals surface area contributed by atoms with Gasteiger partial charge in [-0.1, -0.05) is 84.1 Å². The summed E-state index contributed by atoms with van der Waals surface area (Å²) in [6.07, 6.45) is 2.89. The van der Waals surface area contributed by atoms with Crippen molar-refractivity contribution in [3.8, 4) is 0 Å². The Labute approximate surface area is 121 Å². The van der Waals surface area contributed by atoms with Crippen molar-refractivity contribution in [1.29, 1.82) is 0 Å². The molecule has 1 rings (SSSR count). The maximum atomic E-state index is 2.40. The summed E-state index contributed by atoms with van der Waals surface area (Å²) in [6.45, 7) is 21.6. The number of hydrogen-bond donors (Lipinski definition) is 0. The average Bonchev–Trinajstić information content (AvgIpc) is 2.34. The summed E-state index contributed by atoms with van der Waals surface area (Å²) >= 11 is 0. The van der Waals surface area contributed by atoms with E-state index >= 15 is 0 Å². The third-order valence-electron chi connectivity index (χ3n) is 3.43. The van der Waals surface area contributed by atoms with E-state index in [1.54, 1.807) is 0 Å². The van der Waals surface area contributed by atoms with Crippen LogP contribution in [0.5, 0.6) is 0 Å². The molecule has 0 aromatic carbocycles. The van der Waals surface area contributed by atoms with Gasteiger partial charge in [0.2, 0.25) is 0 Å². The van der Waals surface area contributed by atoms with E-state index in [2.05, 4.69) is 27.7 Å². The molecule has 2 unspecified atom stereocenters. The first-order valence-electron chi connectivity index (χ1n) is 7.61. The van der Waals surface area contributed by atoms with E-state index in [1.165, 1.54) is 12.8 Å². The molecule has 18 heavy (non-hydrogen) atoms. The lowest BCUT2D eigenvalue weighted by molar-refractivity contribution is 0.157. The fourth-order valence-corrected chi connectivity index (χ4v) is 2.10. The molecule has 0 radical (unpaired) electrons. The van der Waals surface area contributed by atoms with Gasteiger partial charge in [0.05, 0.1) is 0 Å². The third-order valence-corrected chi connectivity index (χ3v) is 3.43. The molecule has 0 heteroatoms. The quantitative estimate of drug-likeness (QED) is 0.420. The van der Waals surface area contributed by atoms with Crippen molar-refractivity contribution >= 4 is 0 Å². The monoisotopic (exact) mass is 262 g/mol. The highest BCUT2D eigenvalue weighted by molar-refractivity contribution is 4.77. The smallest absolute Gasteiger partial charge is 0.0414 e. The predicted molar refractivity (Wildman–Crippen MR) is 93.4 cm³/mol. The Morgan fingerprint density at radius 2 is 0.556 bits per heavy atom. The largest absolute Gasteiger partial charge is 0.0776 e. The molecule has 1 saturated carbocycles. The van der Waals surface area contributed by atoms with E-state index in [-0.39, 0.29) is 14.9 Å². The van der Waals surface area contributed by atoms with Gasteiger partial charge in [-0.15, -0.1) is 0 Å². The van der Waals surface area contributed by atoms with Crippen LogP contribution >= 0.6 is 0 Å². The molecule has 1 aliphatic rings. The van der Waals surface area contributed by atoms with Gasteiger partial charge in [0, 0.05) is 0 Å². The molecule has 0 bridgehead atoms. The van der Waals surface area contributed by atoms with Crippen molar-refractivity contribution in [1.82, 2.24) is 0 Å². The van der Waals surface area contributed by atoms with Crippen molar-refractivity contribution in [3.63, 3.8) is 0 Å². The van der Waals surface area contributed by atoms with Crippen molar-refractivity contribution in [2.75, 3.05) is 0 Å². The van der Waals surface area contributed by atoms with Gasteiger partial charge >= 0.3 is 0 Å². The second kappa shape index (κ2) is 22.2. The van der Waals surface area contributed by atoms with Crippen LogP contribution in [-0.4, -0.2) is 0 Å². The zero-order valence-electron chi connectivity index (χ0n) is 13.7. The van der Waals surface area contributed by atoms with E-state index in [0.29, 0.717) is 0 Å². The first-order valence-corrected chi connectivity index (χ1v) is 7.61. The summed E-state index contributed by atoms with van der Waals surface area (Å²) in [5.41, 5.74) is 0. The maximum Gasteiger partial charge on any atom is -0.0414 e. The maximum absolute atomic E-state index is 2.40. The molecular formula is C18H46. The molecule has 0 aromatic heterocycles. The second-order valence-electron chi connectivity index (χ2n) is 4.38. The normalized spacial score (nSPS) is 28.3. The minimum absolute atomic E-state index is 0. The van der Waals surface area contributed by atoms with E-state index in [9.17, 15) is 0 Å². The Morgan fingerprint density at radius 3 is 0.667 bits per heavy atom. The van der Waals surface area contributed by atoms with Crippen LogP contribution in [0.25, 0.3) is 0 Å². The van der Waals surface area contributed by atoms with Crippen molar-refractivity contribution in [3.05, 3.63) is 0 Å². The van der Waals surface area contributed by atoms with E-state index < -0.39 is 0 Å². The first kappa shape index (κ1) is 30.8. The minimum atomic E-state index is 0. The molecule has 1 fully saturated rings. The molecule has 0 spiro atoms. The highest BCUT2D eigenvalue weighted by atomic mass is 14.3. The van der Waals surface area contributed by atoms with Gasteiger partial charge in [0.1, 0.15) is 0 Å². The summed E-state index contributed by atoms with van der Waals surface area (Å²) in [4.78, 5) is 0. The summed E-state index contributed by atoms with van der Waals surface area (Å²) in [7, 11) is 0. The molecule has 0 aliphatic heterocycles. The SMILES string of the molecule is C.C.CC.CC.CC.CC1C[C@@H](C)C(C)C[C@H]1C. The highest BCUT2D eigenvalue weighted by Gasteiger charge is 2.26. The Hall–Kier alpha value is 0. The van der Waals surface area contributed by atoms with Crippen LogP contribution in [0.4, 0.5) is 0 Å². The van der Waals surface area contributed by atoms with Crippen molar-refractivity contribution in [2.45, 2.75) is 96.9 Å². The minimum Gasteiger partial charge on any atom is -0.0776 e. The second-order valence-corrected chi connectivity index (χ2v) is 4.38. The number of hydrogen-bond acceptors (Lipinski definition) is 0. The molecule has 0 N–H and O–H groups in total. The topological polar surface area (TPSA) is 0 Å². The van der Waals surface area contributed by atoms with Gasteiger partial charge in [0.25, 0.3) is 0 Å². The van der Waals surface area contributed by atoms with Crippen LogP contribution in [0.2, 0.25) is 0 Å². The van der Waals surface area contributed by atoms with Crippen molar-refractivity contribution in [2.24, 2.45) is 23.7 Å². The molecule has 4 atom stereocenters. The fourth-order valence-electron chi connectivity index (χ4n) is 2.10. The summed E-state index contributed by atoms with van der Waals surface area (Å²) in [6, 6.07) is 0. The van der Waals surface area contributed by atoms with Crippen LogP contribution in [0.1, 0.15) is 96.9 Å². The average molecular weight is 263 g/mol. The molecule has 0 aromatic rings. The predicted octanol–water partition coefficient (Wildman–Crippen LogP) is 7.68. The van der Waals surface area contributed by atoms with Crippen LogP contribution in [0.15, 0.2) is 0 Å². The molecule has 0 nitrogen and oxygen atoms in total. The molecule has 0 heterocycles. The lowest BCUT2D eigenvalue weighted by atomic mass is 9.71. The Balaban J connectivity index is -0.0000000623. The zero-order valence-corrected chi connectivity index (χ0v) is 13.7. The van der Waals surface area contributed by atoms with Crippen LogP contribution in [0.3, 0.4) is 0 Å². The lowest BCUT2D eigenvalue weighted by Gasteiger charge is -2.35. The lowest BCUT2D eigenvalue weighted by Crippen LogP contribution is -2.25. The fraction of sp³-hybridized carbons (Fsp3) is 1.00. The Kier molecular flexibility index (Phi) is 38.0. The summed E-state index contributed by atoms with van der Waals surface area (Å²) < 4.78 is 0. The van der Waals surface area contributed by atoms with Crippen LogP contribution in [0, 0.1) is 23.7 Å². The molecule has 118 valence electrons. The van der Waals surface area contributed by atoms with E-state index in [4.69, 9.17) is 0 Å². The highest BCUT2D eigenvalue weighted by Crippen LogP contribution is 2.36. The van der Waals surface area contributed by atoms with Crippen LogP contribution in [-0.2, 0) is 0 Å². The van der Waals surface area contributed by atoms with Gasteiger partial charge < -0.3 is 0 Å². The molecule has 0 amide bonds. The summed E-state index contributed by atoms with van der Waals surface area (Å²) in [5, 5.41) is 0. The van der Waals surface area contributed by atoms with Crippen LogP contribution < -0.4 is 0 Å². The van der Waals surface area contributed by atoms with Crippen molar-refractivity contribution < 1.29 is 0 Å². The molecular weight excluding hydrogens is 216 g/mol. The zero-order chi connectivity index (χ0) is 13.7. The number of rotatable bonds is 0. The third kappa shape index (κ3) is 14.1.